The first-order valence-corrected chi connectivity index (χ1v) is 6.81. The average Bonchev–Trinajstić information content (AvgIpc) is 2.73. The van der Waals surface area contributed by atoms with Gasteiger partial charge in [-0.2, -0.15) is 0 Å². The number of hydrogen-bond acceptors (Lipinski definition) is 3. The fourth-order valence-corrected chi connectivity index (χ4v) is 3.54. The van der Waals surface area contributed by atoms with Crippen LogP contribution in [-0.2, 0) is 4.79 Å². The molecular weight excluding hydrogens is 258 g/mol. The molecule has 1 aromatic carbocycles. The second-order valence-electron chi connectivity index (χ2n) is 5.13. The zero-order valence-corrected chi connectivity index (χ0v) is 11.0. The number of ketones is 1. The third kappa shape index (κ3) is 1.28. The number of thiocarbonyl (C=S) groups is 1. The summed E-state index contributed by atoms with van der Waals surface area (Å²) in [5.41, 5.74) is 2.30. The van der Waals surface area contributed by atoms with Crippen LogP contribution in [0.5, 0.6) is 0 Å². The Balaban J connectivity index is 1.95. The van der Waals surface area contributed by atoms with Crippen LogP contribution in [0.3, 0.4) is 0 Å². The highest BCUT2D eigenvalue weighted by molar-refractivity contribution is 7.80. The summed E-state index contributed by atoms with van der Waals surface area (Å²) in [6.07, 6.45) is 3.42. The molecule has 2 aliphatic heterocycles. The number of fused-ring (bicyclic) bond motifs is 2. The van der Waals surface area contributed by atoms with E-state index in [-0.39, 0.29) is 11.8 Å². The van der Waals surface area contributed by atoms with Gasteiger partial charge >= 0.3 is 0 Å². The van der Waals surface area contributed by atoms with Crippen molar-refractivity contribution < 1.29 is 4.79 Å². The van der Waals surface area contributed by atoms with E-state index in [2.05, 4.69) is 22.0 Å². The topological polar surface area (TPSA) is 53.2 Å². The molecule has 0 amide bonds. The number of rotatable bonds is 0. The summed E-state index contributed by atoms with van der Waals surface area (Å²) in [7, 11) is 0. The molecule has 2 unspecified atom stereocenters. The molecule has 2 heterocycles. The van der Waals surface area contributed by atoms with Crippen molar-refractivity contribution in [2.24, 2.45) is 0 Å². The van der Waals surface area contributed by atoms with Gasteiger partial charge in [0.25, 0.3) is 0 Å². The summed E-state index contributed by atoms with van der Waals surface area (Å²) in [6, 6.07) is 7.90. The Hall–Kier alpha value is -1.88. The number of benzene rings is 1. The SMILES string of the molecule is O=C1CCC=C2NC(=S)NC3c4ccccc4NC123. The minimum absolute atomic E-state index is 0.114. The van der Waals surface area contributed by atoms with E-state index in [0.717, 1.165) is 23.4 Å². The van der Waals surface area contributed by atoms with Crippen molar-refractivity contribution in [2.45, 2.75) is 24.4 Å². The van der Waals surface area contributed by atoms with Crippen LogP contribution in [0.2, 0.25) is 0 Å². The maximum Gasteiger partial charge on any atom is 0.171 e. The number of carbonyl (C=O) groups excluding carboxylic acids is 1. The van der Waals surface area contributed by atoms with Gasteiger partial charge in [0.05, 0.1) is 6.04 Å². The molecule has 96 valence electrons. The van der Waals surface area contributed by atoms with Crippen molar-refractivity contribution in [3.05, 3.63) is 41.6 Å². The maximum absolute atomic E-state index is 12.6. The van der Waals surface area contributed by atoms with E-state index in [0.29, 0.717) is 11.5 Å². The molecule has 0 radical (unpaired) electrons. The first-order valence-electron chi connectivity index (χ1n) is 6.40. The van der Waals surface area contributed by atoms with Crippen LogP contribution in [0.1, 0.15) is 24.4 Å². The summed E-state index contributed by atoms with van der Waals surface area (Å²) in [5.74, 6) is 0.216. The number of anilines is 1. The van der Waals surface area contributed by atoms with Crippen LogP contribution < -0.4 is 16.0 Å². The van der Waals surface area contributed by atoms with Gasteiger partial charge in [0.15, 0.2) is 16.4 Å². The van der Waals surface area contributed by atoms with Gasteiger partial charge in [-0.3, -0.25) is 4.79 Å². The lowest BCUT2D eigenvalue weighted by Gasteiger charge is -2.44. The zero-order chi connectivity index (χ0) is 13.0. The standard InChI is InChI=1S/C14H13N3OS/c18-11-7-3-6-10-14(11)12(16-13(19)15-10)8-4-1-2-5-9(8)17-14/h1-2,4-6,12,17H,3,7H2,(H2,15,16,19). The fourth-order valence-electron chi connectivity index (χ4n) is 3.32. The molecule has 1 saturated heterocycles. The van der Waals surface area contributed by atoms with Gasteiger partial charge in [0.2, 0.25) is 0 Å². The van der Waals surface area contributed by atoms with Crippen molar-refractivity contribution in [1.29, 1.82) is 0 Å². The predicted octanol–water partition coefficient (Wildman–Crippen LogP) is 1.62. The third-order valence-electron chi connectivity index (χ3n) is 4.14. The molecule has 1 fully saturated rings. The monoisotopic (exact) mass is 271 g/mol. The summed E-state index contributed by atoms with van der Waals surface area (Å²) >= 11 is 5.26. The molecule has 2 atom stereocenters. The number of Topliss-reactive ketones (excluding diaryl/α,β-unsaturated/α-hetero) is 1. The Bertz CT molecular complexity index is 639. The Morgan fingerprint density at radius 3 is 3.05 bits per heavy atom. The summed E-state index contributed by atoms with van der Waals surface area (Å²) in [5, 5.41) is 10.4. The lowest BCUT2D eigenvalue weighted by atomic mass is 9.76. The van der Waals surface area contributed by atoms with E-state index < -0.39 is 5.54 Å². The van der Waals surface area contributed by atoms with Gasteiger partial charge in [0, 0.05) is 23.4 Å². The van der Waals surface area contributed by atoms with E-state index in [1.54, 1.807) is 0 Å². The Morgan fingerprint density at radius 2 is 2.16 bits per heavy atom. The summed E-state index contributed by atoms with van der Waals surface area (Å²) in [6.45, 7) is 0. The van der Waals surface area contributed by atoms with E-state index >= 15 is 0 Å². The molecule has 4 nitrogen and oxygen atoms in total. The van der Waals surface area contributed by atoms with Gasteiger partial charge in [0.1, 0.15) is 0 Å². The van der Waals surface area contributed by atoms with Crippen molar-refractivity contribution in [3.63, 3.8) is 0 Å². The highest BCUT2D eigenvalue weighted by Gasteiger charge is 2.57. The van der Waals surface area contributed by atoms with E-state index in [4.69, 9.17) is 12.2 Å². The van der Waals surface area contributed by atoms with Crippen LogP contribution >= 0.6 is 12.2 Å². The summed E-state index contributed by atoms with van der Waals surface area (Å²) in [4.78, 5) is 12.6. The molecule has 0 aromatic heterocycles. The number of hydrogen-bond donors (Lipinski definition) is 3. The van der Waals surface area contributed by atoms with E-state index in [1.165, 1.54) is 0 Å². The Kier molecular flexibility index (Phi) is 2.07. The van der Waals surface area contributed by atoms with E-state index in [9.17, 15) is 4.79 Å². The maximum atomic E-state index is 12.6. The van der Waals surface area contributed by atoms with Crippen molar-refractivity contribution in [3.8, 4) is 0 Å². The molecule has 0 saturated carbocycles. The van der Waals surface area contributed by atoms with Crippen LogP contribution in [0, 0.1) is 0 Å². The van der Waals surface area contributed by atoms with Gasteiger partial charge < -0.3 is 16.0 Å². The second-order valence-corrected chi connectivity index (χ2v) is 5.54. The first kappa shape index (κ1) is 11.0. The molecule has 1 aliphatic carbocycles. The molecule has 0 bridgehead atoms. The van der Waals surface area contributed by atoms with Gasteiger partial charge in [-0.05, 0) is 24.7 Å². The van der Waals surface area contributed by atoms with Crippen LogP contribution in [0.15, 0.2) is 36.0 Å². The minimum atomic E-state index is -0.704. The van der Waals surface area contributed by atoms with Gasteiger partial charge in [-0.25, -0.2) is 0 Å². The predicted molar refractivity (Wildman–Crippen MR) is 76.7 cm³/mol. The van der Waals surface area contributed by atoms with Crippen LogP contribution in [0.25, 0.3) is 0 Å². The van der Waals surface area contributed by atoms with Crippen LogP contribution in [0.4, 0.5) is 5.69 Å². The first-order chi connectivity index (χ1) is 9.22. The molecular formula is C14H13N3OS. The molecule has 4 rings (SSSR count). The lowest BCUT2D eigenvalue weighted by Crippen LogP contribution is -2.64. The lowest BCUT2D eigenvalue weighted by molar-refractivity contribution is -0.123. The highest BCUT2D eigenvalue weighted by atomic mass is 32.1. The Morgan fingerprint density at radius 1 is 1.32 bits per heavy atom. The average molecular weight is 271 g/mol. The molecule has 1 aromatic rings. The van der Waals surface area contributed by atoms with Crippen molar-refractivity contribution in [2.75, 3.05) is 5.32 Å². The van der Waals surface area contributed by atoms with Gasteiger partial charge in [-0.1, -0.05) is 24.3 Å². The smallest absolute Gasteiger partial charge is 0.171 e. The van der Waals surface area contributed by atoms with Crippen molar-refractivity contribution >= 4 is 28.8 Å². The van der Waals surface area contributed by atoms with Gasteiger partial charge in [-0.15, -0.1) is 0 Å². The number of carbonyl (C=O) groups is 1. The molecule has 3 aliphatic rings. The molecule has 3 N–H and O–H groups in total. The number of nitrogens with one attached hydrogen (secondary N) is 3. The Labute approximate surface area is 116 Å². The minimum Gasteiger partial charge on any atom is -0.366 e. The quantitative estimate of drug-likeness (QED) is 0.626. The van der Waals surface area contributed by atoms with E-state index in [1.807, 2.05) is 24.3 Å². The van der Waals surface area contributed by atoms with Crippen molar-refractivity contribution in [1.82, 2.24) is 10.6 Å². The normalized spacial score (nSPS) is 31.2. The number of para-hydroxylation sites is 1. The molecule has 19 heavy (non-hydrogen) atoms. The molecule has 1 spiro atoms. The fraction of sp³-hybridized carbons (Fsp3) is 0.286. The summed E-state index contributed by atoms with van der Waals surface area (Å²) < 4.78 is 0. The molecule has 5 heteroatoms. The zero-order valence-electron chi connectivity index (χ0n) is 10.2. The second kappa shape index (κ2) is 3.57. The number of allylic oxidation sites excluding steroid dienone is 1. The highest BCUT2D eigenvalue weighted by Crippen LogP contribution is 2.48. The van der Waals surface area contributed by atoms with Crippen LogP contribution in [-0.4, -0.2) is 16.4 Å². The largest absolute Gasteiger partial charge is 0.366 e. The third-order valence-corrected chi connectivity index (χ3v) is 4.36.